The Morgan fingerprint density at radius 3 is 2.71 bits per heavy atom. The molecule has 0 aliphatic rings. The minimum atomic E-state index is -0.323. The Bertz CT molecular complexity index is 562. The van der Waals surface area contributed by atoms with E-state index in [0.29, 0.717) is 15.4 Å². The van der Waals surface area contributed by atoms with Crippen LogP contribution >= 0.6 is 15.9 Å². The molecule has 0 fully saturated rings. The van der Waals surface area contributed by atoms with Gasteiger partial charge in [0.25, 0.3) is 5.56 Å². The van der Waals surface area contributed by atoms with Crippen molar-refractivity contribution in [3.8, 4) is 0 Å². The maximum Gasteiger partial charge on any atom is 0.250 e. The number of rotatable bonds is 0. The van der Waals surface area contributed by atoms with Crippen LogP contribution < -0.4 is 5.56 Å². The van der Waals surface area contributed by atoms with Crippen LogP contribution in [-0.2, 0) is 7.05 Å². The first kappa shape index (κ1) is 9.40. The number of hydrogen-bond donors (Lipinski definition) is 0. The summed E-state index contributed by atoms with van der Waals surface area (Å²) in [5.41, 5.74) is 0.613. The smallest absolute Gasteiger partial charge is 0.250 e. The number of fused-ring (bicyclic) bond motifs is 1. The topological polar surface area (TPSA) is 22.0 Å². The molecule has 0 spiro atoms. The molecule has 2 aromatic rings. The SMILES string of the molecule is Cn1c(=O)ccc2c(Br)c(F)ccc21. The molecule has 0 aliphatic heterocycles. The second-order valence-corrected chi connectivity index (χ2v) is 3.82. The summed E-state index contributed by atoms with van der Waals surface area (Å²) in [6.45, 7) is 0. The third-order valence-electron chi connectivity index (χ3n) is 2.19. The normalized spacial score (nSPS) is 10.8. The standard InChI is InChI=1S/C10H7BrFNO/c1-13-8-4-3-7(12)10(11)6(8)2-5-9(13)14/h2-5H,1H3. The lowest BCUT2D eigenvalue weighted by Gasteiger charge is -2.05. The molecule has 0 unspecified atom stereocenters. The van der Waals surface area contributed by atoms with Crippen molar-refractivity contribution in [3.63, 3.8) is 0 Å². The average Bonchev–Trinajstić information content (AvgIpc) is 2.17. The van der Waals surface area contributed by atoms with E-state index in [2.05, 4.69) is 15.9 Å². The van der Waals surface area contributed by atoms with Crippen molar-refractivity contribution >= 4 is 26.8 Å². The Kier molecular flexibility index (Phi) is 2.15. The fourth-order valence-corrected chi connectivity index (χ4v) is 1.86. The van der Waals surface area contributed by atoms with Crippen LogP contribution in [0.2, 0.25) is 0 Å². The van der Waals surface area contributed by atoms with Gasteiger partial charge in [0.2, 0.25) is 0 Å². The first-order valence-electron chi connectivity index (χ1n) is 4.05. The summed E-state index contributed by atoms with van der Waals surface area (Å²) in [7, 11) is 1.66. The van der Waals surface area contributed by atoms with E-state index in [0.717, 1.165) is 0 Å². The number of halogens is 2. The van der Waals surface area contributed by atoms with Crippen LogP contribution in [0, 0.1) is 5.82 Å². The van der Waals surface area contributed by atoms with E-state index in [1.54, 1.807) is 19.2 Å². The van der Waals surface area contributed by atoms with Gasteiger partial charge in [-0.1, -0.05) is 0 Å². The second-order valence-electron chi connectivity index (χ2n) is 3.02. The molecule has 1 aromatic carbocycles. The molecule has 72 valence electrons. The highest BCUT2D eigenvalue weighted by Crippen LogP contribution is 2.25. The molecule has 2 nitrogen and oxygen atoms in total. The van der Waals surface area contributed by atoms with E-state index in [4.69, 9.17) is 0 Å². The quantitative estimate of drug-likeness (QED) is 0.709. The van der Waals surface area contributed by atoms with Crippen LogP contribution in [0.1, 0.15) is 0 Å². The molecule has 14 heavy (non-hydrogen) atoms. The van der Waals surface area contributed by atoms with Crippen molar-refractivity contribution in [3.05, 3.63) is 44.9 Å². The van der Waals surface area contributed by atoms with E-state index in [9.17, 15) is 9.18 Å². The maximum atomic E-state index is 13.1. The highest BCUT2D eigenvalue weighted by molar-refractivity contribution is 9.10. The van der Waals surface area contributed by atoms with E-state index in [-0.39, 0.29) is 11.4 Å². The van der Waals surface area contributed by atoms with Crippen molar-refractivity contribution in [1.82, 2.24) is 4.57 Å². The minimum absolute atomic E-state index is 0.101. The van der Waals surface area contributed by atoms with Crippen LogP contribution in [-0.4, -0.2) is 4.57 Å². The predicted molar refractivity (Wildman–Crippen MR) is 56.8 cm³/mol. The number of benzene rings is 1. The van der Waals surface area contributed by atoms with Crippen LogP contribution in [0.3, 0.4) is 0 Å². The van der Waals surface area contributed by atoms with Crippen molar-refractivity contribution in [2.24, 2.45) is 7.05 Å². The summed E-state index contributed by atoms with van der Waals surface area (Å²) < 4.78 is 15.0. The van der Waals surface area contributed by atoms with Gasteiger partial charge in [-0.15, -0.1) is 0 Å². The van der Waals surface area contributed by atoms with Crippen LogP contribution in [0.25, 0.3) is 10.9 Å². The number of aryl methyl sites for hydroxylation is 1. The molecule has 0 saturated carbocycles. The summed E-state index contributed by atoms with van der Waals surface area (Å²) in [5, 5.41) is 0.701. The third kappa shape index (κ3) is 1.26. The van der Waals surface area contributed by atoms with Gasteiger partial charge in [0.15, 0.2) is 0 Å². The van der Waals surface area contributed by atoms with E-state index in [1.807, 2.05) is 0 Å². The Labute approximate surface area is 88.1 Å². The van der Waals surface area contributed by atoms with Gasteiger partial charge in [0, 0.05) is 18.5 Å². The molecule has 0 atom stereocenters. The van der Waals surface area contributed by atoms with Gasteiger partial charge < -0.3 is 4.57 Å². The molecular formula is C10H7BrFNO. The Balaban J connectivity index is 3.01. The maximum absolute atomic E-state index is 13.1. The zero-order valence-electron chi connectivity index (χ0n) is 7.42. The van der Waals surface area contributed by atoms with Crippen molar-refractivity contribution < 1.29 is 4.39 Å². The molecule has 2 rings (SSSR count). The highest BCUT2D eigenvalue weighted by atomic mass is 79.9. The molecule has 0 bridgehead atoms. The van der Waals surface area contributed by atoms with Crippen molar-refractivity contribution in [2.45, 2.75) is 0 Å². The van der Waals surface area contributed by atoms with Crippen molar-refractivity contribution in [2.75, 3.05) is 0 Å². The largest absolute Gasteiger partial charge is 0.311 e. The highest BCUT2D eigenvalue weighted by Gasteiger charge is 2.06. The Hall–Kier alpha value is -1.16. The number of aromatic nitrogens is 1. The lowest BCUT2D eigenvalue weighted by molar-refractivity contribution is 0.623. The van der Waals surface area contributed by atoms with E-state index >= 15 is 0 Å². The third-order valence-corrected chi connectivity index (χ3v) is 3.00. The molecule has 0 radical (unpaired) electrons. The summed E-state index contributed by atoms with van der Waals surface area (Å²) in [4.78, 5) is 11.3. The van der Waals surface area contributed by atoms with Gasteiger partial charge >= 0.3 is 0 Å². The lowest BCUT2D eigenvalue weighted by Crippen LogP contribution is -2.15. The summed E-state index contributed by atoms with van der Waals surface area (Å²) in [5.74, 6) is -0.323. The van der Waals surface area contributed by atoms with Crippen LogP contribution in [0.15, 0.2) is 33.5 Å². The number of pyridine rings is 1. The van der Waals surface area contributed by atoms with E-state index in [1.165, 1.54) is 16.7 Å². The lowest BCUT2D eigenvalue weighted by atomic mass is 10.2. The molecule has 0 saturated heterocycles. The van der Waals surface area contributed by atoms with Crippen LogP contribution in [0.4, 0.5) is 4.39 Å². The molecule has 1 heterocycles. The van der Waals surface area contributed by atoms with Gasteiger partial charge in [-0.2, -0.15) is 0 Å². The monoisotopic (exact) mass is 255 g/mol. The average molecular weight is 256 g/mol. The van der Waals surface area contributed by atoms with Crippen molar-refractivity contribution in [1.29, 1.82) is 0 Å². The van der Waals surface area contributed by atoms with Gasteiger partial charge in [0.05, 0.1) is 9.99 Å². The van der Waals surface area contributed by atoms with Gasteiger partial charge in [0.1, 0.15) is 5.82 Å². The predicted octanol–water partition coefficient (Wildman–Crippen LogP) is 2.44. The number of hydrogen-bond acceptors (Lipinski definition) is 1. The van der Waals surface area contributed by atoms with Gasteiger partial charge in [-0.3, -0.25) is 4.79 Å². The molecule has 4 heteroatoms. The molecule has 0 aliphatic carbocycles. The van der Waals surface area contributed by atoms with Gasteiger partial charge in [-0.05, 0) is 34.1 Å². The van der Waals surface area contributed by atoms with Gasteiger partial charge in [-0.25, -0.2) is 4.39 Å². The summed E-state index contributed by atoms with van der Waals surface area (Å²) in [6.07, 6.45) is 0. The first-order valence-corrected chi connectivity index (χ1v) is 4.84. The zero-order valence-corrected chi connectivity index (χ0v) is 9.01. The number of nitrogens with zero attached hydrogens (tertiary/aromatic N) is 1. The molecule has 1 aromatic heterocycles. The summed E-state index contributed by atoms with van der Waals surface area (Å²) in [6, 6.07) is 5.97. The molecule has 0 amide bonds. The van der Waals surface area contributed by atoms with Crippen LogP contribution in [0.5, 0.6) is 0 Å². The Morgan fingerprint density at radius 1 is 1.29 bits per heavy atom. The first-order chi connectivity index (χ1) is 6.61. The Morgan fingerprint density at radius 2 is 2.00 bits per heavy atom. The molecular weight excluding hydrogens is 249 g/mol. The fraction of sp³-hybridized carbons (Fsp3) is 0.100. The second kappa shape index (κ2) is 3.20. The zero-order chi connectivity index (χ0) is 10.3. The van der Waals surface area contributed by atoms with E-state index < -0.39 is 0 Å². The summed E-state index contributed by atoms with van der Waals surface area (Å²) >= 11 is 3.15. The molecule has 0 N–H and O–H groups in total. The fourth-order valence-electron chi connectivity index (χ4n) is 1.39. The minimum Gasteiger partial charge on any atom is -0.311 e.